The largest absolute Gasteiger partial charge is 0.382 e. The van der Waals surface area contributed by atoms with Crippen molar-refractivity contribution in [1.82, 2.24) is 5.32 Å². The Labute approximate surface area is 98.9 Å². The van der Waals surface area contributed by atoms with Gasteiger partial charge in [0.15, 0.2) is 0 Å². The fourth-order valence-corrected chi connectivity index (χ4v) is 1.54. The highest BCUT2D eigenvalue weighted by atomic mass is 16.5. The Morgan fingerprint density at radius 2 is 2.00 bits per heavy atom. The second-order valence-corrected chi connectivity index (χ2v) is 4.63. The van der Waals surface area contributed by atoms with Gasteiger partial charge in [-0.15, -0.1) is 0 Å². The van der Waals surface area contributed by atoms with E-state index in [1.165, 1.54) is 0 Å². The number of methoxy groups -OCH3 is 1. The van der Waals surface area contributed by atoms with Gasteiger partial charge in [0.25, 0.3) is 0 Å². The molecule has 0 aromatic rings. The van der Waals surface area contributed by atoms with Crippen LogP contribution >= 0.6 is 0 Å². The van der Waals surface area contributed by atoms with Crippen LogP contribution in [0.4, 0.5) is 0 Å². The molecule has 0 spiro atoms. The molecular formula is C12H24N2O2. The molecule has 0 radical (unpaired) electrons. The number of hydrogen-bond acceptors (Lipinski definition) is 4. The molecule has 0 aromatic heterocycles. The van der Waals surface area contributed by atoms with Crippen molar-refractivity contribution < 1.29 is 9.47 Å². The molecule has 2 atom stereocenters. The van der Waals surface area contributed by atoms with Gasteiger partial charge in [0.1, 0.15) is 5.54 Å². The molecule has 2 unspecified atom stereocenters. The molecule has 0 aliphatic rings. The Balaban J connectivity index is 3.92. The lowest BCUT2D eigenvalue weighted by Gasteiger charge is -2.26. The van der Waals surface area contributed by atoms with Gasteiger partial charge in [-0.1, -0.05) is 0 Å². The van der Waals surface area contributed by atoms with Crippen LogP contribution in [0.5, 0.6) is 0 Å². The molecule has 0 aliphatic carbocycles. The number of hydrogen-bond donors (Lipinski definition) is 1. The summed E-state index contributed by atoms with van der Waals surface area (Å²) in [6, 6.07) is 2.59. The van der Waals surface area contributed by atoms with Crippen molar-refractivity contribution in [3.63, 3.8) is 0 Å². The van der Waals surface area contributed by atoms with Gasteiger partial charge >= 0.3 is 0 Å². The second-order valence-electron chi connectivity index (χ2n) is 4.63. The molecule has 0 rings (SSSR count). The molecule has 0 bridgehead atoms. The van der Waals surface area contributed by atoms with E-state index >= 15 is 0 Å². The number of nitriles is 1. The molecule has 16 heavy (non-hydrogen) atoms. The maximum Gasteiger partial charge on any atom is 0.106 e. The molecule has 0 heterocycles. The number of nitrogens with one attached hydrogen (secondary N) is 1. The first kappa shape index (κ1) is 15.4. The summed E-state index contributed by atoms with van der Waals surface area (Å²) < 4.78 is 10.5. The minimum Gasteiger partial charge on any atom is -0.382 e. The first-order chi connectivity index (χ1) is 7.43. The van der Waals surface area contributed by atoms with E-state index < -0.39 is 5.54 Å². The van der Waals surface area contributed by atoms with Gasteiger partial charge in [0, 0.05) is 26.2 Å². The molecular weight excluding hydrogens is 204 g/mol. The van der Waals surface area contributed by atoms with Gasteiger partial charge < -0.3 is 9.47 Å². The summed E-state index contributed by atoms with van der Waals surface area (Å²) in [6.07, 6.45) is 0.752. The zero-order valence-electron chi connectivity index (χ0n) is 11.0. The number of ether oxygens (including phenoxy) is 2. The predicted molar refractivity (Wildman–Crippen MR) is 64.2 cm³/mol. The third kappa shape index (κ3) is 6.78. The van der Waals surface area contributed by atoms with Crippen LogP contribution in [0.1, 0.15) is 34.1 Å². The van der Waals surface area contributed by atoms with Crippen LogP contribution in [-0.2, 0) is 9.47 Å². The molecule has 0 fully saturated rings. The predicted octanol–water partition coefficient (Wildman–Crippen LogP) is 1.71. The fourth-order valence-electron chi connectivity index (χ4n) is 1.54. The summed E-state index contributed by atoms with van der Waals surface area (Å²) >= 11 is 0. The molecule has 0 aliphatic heterocycles. The van der Waals surface area contributed by atoms with Crippen LogP contribution in [0.2, 0.25) is 0 Å². The van der Waals surface area contributed by atoms with Crippen LogP contribution in [0.25, 0.3) is 0 Å². The molecule has 0 aromatic carbocycles. The number of rotatable bonds is 8. The average Bonchev–Trinajstić information content (AvgIpc) is 2.17. The quantitative estimate of drug-likeness (QED) is 0.687. The van der Waals surface area contributed by atoms with Crippen molar-refractivity contribution in [2.24, 2.45) is 0 Å². The normalized spacial score (nSPS) is 16.8. The van der Waals surface area contributed by atoms with Gasteiger partial charge in [0.2, 0.25) is 0 Å². The Morgan fingerprint density at radius 3 is 2.44 bits per heavy atom. The van der Waals surface area contributed by atoms with Crippen molar-refractivity contribution >= 4 is 0 Å². The molecule has 1 N–H and O–H groups in total. The Morgan fingerprint density at radius 1 is 1.38 bits per heavy atom. The lowest BCUT2D eigenvalue weighted by atomic mass is 9.99. The monoisotopic (exact) mass is 228 g/mol. The van der Waals surface area contributed by atoms with Gasteiger partial charge in [-0.25, -0.2) is 0 Å². The van der Waals surface area contributed by atoms with Crippen molar-refractivity contribution in [2.75, 3.05) is 20.3 Å². The van der Waals surface area contributed by atoms with Crippen LogP contribution in [0.15, 0.2) is 0 Å². The van der Waals surface area contributed by atoms with E-state index in [2.05, 4.69) is 11.4 Å². The lowest BCUT2D eigenvalue weighted by Crippen LogP contribution is -2.45. The zero-order chi connectivity index (χ0) is 12.6. The smallest absolute Gasteiger partial charge is 0.106 e. The second kappa shape index (κ2) is 7.61. The highest BCUT2D eigenvalue weighted by molar-refractivity contribution is 5.04. The van der Waals surface area contributed by atoms with Crippen molar-refractivity contribution in [1.29, 1.82) is 5.26 Å². The van der Waals surface area contributed by atoms with Crippen molar-refractivity contribution in [3.8, 4) is 6.07 Å². The molecule has 0 amide bonds. The van der Waals surface area contributed by atoms with E-state index in [1.54, 1.807) is 7.11 Å². The van der Waals surface area contributed by atoms with E-state index in [0.29, 0.717) is 25.7 Å². The molecule has 0 saturated heterocycles. The van der Waals surface area contributed by atoms with E-state index in [0.717, 1.165) is 0 Å². The standard InChI is InChI=1S/C12H24N2O2/c1-10(2)14-12(4,9-13)6-7-16-11(3)8-15-5/h10-11,14H,6-8H2,1-5H3. The lowest BCUT2D eigenvalue weighted by molar-refractivity contribution is 0.00335. The SMILES string of the molecule is COCC(C)OCCC(C)(C#N)NC(C)C. The minimum atomic E-state index is -0.513. The van der Waals surface area contributed by atoms with E-state index in [9.17, 15) is 0 Å². The maximum atomic E-state index is 9.11. The van der Waals surface area contributed by atoms with Gasteiger partial charge in [-0.05, 0) is 27.7 Å². The first-order valence-corrected chi connectivity index (χ1v) is 5.73. The number of nitrogens with zero attached hydrogens (tertiary/aromatic N) is 1. The van der Waals surface area contributed by atoms with E-state index in [4.69, 9.17) is 14.7 Å². The zero-order valence-corrected chi connectivity index (χ0v) is 11.0. The maximum absolute atomic E-state index is 9.11. The highest BCUT2D eigenvalue weighted by Crippen LogP contribution is 2.10. The molecule has 0 saturated carbocycles. The topological polar surface area (TPSA) is 54.3 Å². The Kier molecular flexibility index (Phi) is 7.31. The van der Waals surface area contributed by atoms with E-state index in [-0.39, 0.29) is 6.10 Å². The first-order valence-electron chi connectivity index (χ1n) is 5.73. The average molecular weight is 228 g/mol. The third-order valence-electron chi connectivity index (χ3n) is 2.26. The highest BCUT2D eigenvalue weighted by Gasteiger charge is 2.24. The summed E-state index contributed by atoms with van der Waals surface area (Å²) in [5.74, 6) is 0. The van der Waals surface area contributed by atoms with E-state index in [1.807, 2.05) is 27.7 Å². The van der Waals surface area contributed by atoms with Crippen LogP contribution in [0, 0.1) is 11.3 Å². The van der Waals surface area contributed by atoms with Crippen LogP contribution < -0.4 is 5.32 Å². The van der Waals surface area contributed by atoms with Crippen LogP contribution in [-0.4, -0.2) is 38.0 Å². The minimum absolute atomic E-state index is 0.0759. The van der Waals surface area contributed by atoms with Gasteiger partial charge in [-0.3, -0.25) is 5.32 Å². The van der Waals surface area contributed by atoms with Crippen LogP contribution in [0.3, 0.4) is 0 Å². The summed E-state index contributed by atoms with van der Waals surface area (Å²) in [7, 11) is 1.65. The Hall–Kier alpha value is -0.630. The summed E-state index contributed by atoms with van der Waals surface area (Å²) in [4.78, 5) is 0. The van der Waals surface area contributed by atoms with Crippen molar-refractivity contribution in [3.05, 3.63) is 0 Å². The summed E-state index contributed by atoms with van der Waals surface area (Å²) in [5.41, 5.74) is -0.513. The summed E-state index contributed by atoms with van der Waals surface area (Å²) in [6.45, 7) is 9.07. The van der Waals surface area contributed by atoms with Crippen molar-refractivity contribution in [2.45, 2.75) is 51.8 Å². The molecule has 94 valence electrons. The fraction of sp³-hybridized carbons (Fsp3) is 0.917. The Bertz CT molecular complexity index is 226. The molecule has 4 nitrogen and oxygen atoms in total. The summed E-state index contributed by atoms with van der Waals surface area (Å²) in [5, 5.41) is 12.3. The molecule has 4 heteroatoms. The van der Waals surface area contributed by atoms with Gasteiger partial charge in [0.05, 0.1) is 18.8 Å². The van der Waals surface area contributed by atoms with Gasteiger partial charge in [-0.2, -0.15) is 5.26 Å². The third-order valence-corrected chi connectivity index (χ3v) is 2.26.